The van der Waals surface area contributed by atoms with Crippen LogP contribution in [0.4, 0.5) is 5.69 Å². The highest BCUT2D eigenvalue weighted by Gasteiger charge is 2.25. The number of aryl methyl sites for hydroxylation is 1. The molecule has 5 rings (SSSR count). The minimum absolute atomic E-state index is 0.0519. The second kappa shape index (κ2) is 10.2. The van der Waals surface area contributed by atoms with E-state index in [0.717, 1.165) is 53.4 Å². The van der Waals surface area contributed by atoms with Crippen molar-refractivity contribution in [1.29, 1.82) is 0 Å². The van der Waals surface area contributed by atoms with E-state index in [1.165, 1.54) is 18.1 Å². The number of likely N-dealkylation sites (tertiary alicyclic amines) is 1. The van der Waals surface area contributed by atoms with E-state index < -0.39 is 0 Å². The summed E-state index contributed by atoms with van der Waals surface area (Å²) in [4.78, 5) is 26.7. The van der Waals surface area contributed by atoms with Gasteiger partial charge in [0.25, 0.3) is 5.91 Å². The van der Waals surface area contributed by atoms with Gasteiger partial charge in [0, 0.05) is 36.0 Å². The van der Waals surface area contributed by atoms with Crippen LogP contribution in [0.5, 0.6) is 0 Å². The fourth-order valence-electron chi connectivity index (χ4n) is 5.37. The van der Waals surface area contributed by atoms with Crippen LogP contribution in [-0.4, -0.2) is 42.4 Å². The average Bonchev–Trinajstić information content (AvgIpc) is 3.31. The fourth-order valence-corrected chi connectivity index (χ4v) is 5.37. The zero-order chi connectivity index (χ0) is 25.2. The Labute approximate surface area is 211 Å². The van der Waals surface area contributed by atoms with Gasteiger partial charge in [-0.05, 0) is 86.5 Å². The van der Waals surface area contributed by atoms with Crippen molar-refractivity contribution in [3.8, 4) is 0 Å². The molecule has 1 aliphatic heterocycles. The lowest BCUT2D eigenvalue weighted by Gasteiger charge is -2.36. The van der Waals surface area contributed by atoms with Crippen LogP contribution in [0.2, 0.25) is 0 Å². The van der Waals surface area contributed by atoms with Gasteiger partial charge in [0.2, 0.25) is 5.91 Å². The minimum atomic E-state index is -0.176. The first-order chi connectivity index (χ1) is 17.4. The van der Waals surface area contributed by atoms with E-state index in [1.54, 1.807) is 0 Å². The topological polar surface area (TPSA) is 74.6 Å². The number of fused-ring (bicyclic) bond motifs is 3. The van der Waals surface area contributed by atoms with Crippen LogP contribution in [-0.2, 0) is 4.79 Å². The van der Waals surface area contributed by atoms with Crippen molar-refractivity contribution in [2.45, 2.75) is 45.6 Å². The number of hydrogen-bond donors (Lipinski definition) is 2. The summed E-state index contributed by atoms with van der Waals surface area (Å²) in [6.45, 7) is 8.29. The molecule has 2 N–H and O–H groups in total. The van der Waals surface area contributed by atoms with E-state index in [9.17, 15) is 9.59 Å². The maximum absolute atomic E-state index is 12.9. The van der Waals surface area contributed by atoms with E-state index in [1.807, 2.05) is 36.4 Å². The molecule has 36 heavy (non-hydrogen) atoms. The zero-order valence-electron chi connectivity index (χ0n) is 21.1. The number of carbonyl (C=O) groups is 2. The van der Waals surface area contributed by atoms with Crippen LogP contribution in [0.3, 0.4) is 0 Å². The molecule has 0 aliphatic carbocycles. The number of carbonyl (C=O) groups excluding carboxylic acids is 2. The number of amides is 2. The summed E-state index contributed by atoms with van der Waals surface area (Å²) in [5, 5.41) is 9.08. The molecular weight excluding hydrogens is 450 g/mol. The Balaban J connectivity index is 1.18. The molecule has 1 aliphatic rings. The first kappa shape index (κ1) is 24.1. The molecule has 2 heterocycles. The van der Waals surface area contributed by atoms with E-state index >= 15 is 0 Å². The van der Waals surface area contributed by atoms with Crippen LogP contribution < -0.4 is 10.6 Å². The van der Waals surface area contributed by atoms with Gasteiger partial charge >= 0.3 is 0 Å². The number of nitrogens with zero attached hydrogens (tertiary/aromatic N) is 1. The first-order valence-corrected chi connectivity index (χ1v) is 12.7. The first-order valence-electron chi connectivity index (χ1n) is 12.7. The Morgan fingerprint density at radius 2 is 1.78 bits per heavy atom. The average molecular weight is 484 g/mol. The van der Waals surface area contributed by atoms with Crippen LogP contribution >= 0.6 is 0 Å². The van der Waals surface area contributed by atoms with E-state index in [-0.39, 0.29) is 17.9 Å². The summed E-state index contributed by atoms with van der Waals surface area (Å²) in [5.74, 6) is 0.602. The lowest BCUT2D eigenvalue weighted by atomic mass is 9.88. The molecule has 1 aromatic heterocycles. The number of piperidine rings is 1. The number of rotatable bonds is 6. The molecule has 0 bridgehead atoms. The number of benzene rings is 3. The van der Waals surface area contributed by atoms with Crippen molar-refractivity contribution in [3.05, 3.63) is 77.6 Å². The third-order valence-corrected chi connectivity index (χ3v) is 7.34. The maximum Gasteiger partial charge on any atom is 0.287 e. The van der Waals surface area contributed by atoms with Gasteiger partial charge in [-0.1, -0.05) is 36.4 Å². The molecule has 0 spiro atoms. The SMILES string of the molecule is CC(=O)Nc1cccc(C2CCN(C(C)CNC(=O)c3cc4cc(C)c5ccccc5c4o3)CC2)c1. The van der Waals surface area contributed by atoms with Gasteiger partial charge in [-0.25, -0.2) is 0 Å². The molecule has 6 nitrogen and oxygen atoms in total. The fraction of sp³-hybridized carbons (Fsp3) is 0.333. The second-order valence-electron chi connectivity index (χ2n) is 9.94. The third kappa shape index (κ3) is 5.00. The van der Waals surface area contributed by atoms with Crippen molar-refractivity contribution in [2.24, 2.45) is 0 Å². The second-order valence-corrected chi connectivity index (χ2v) is 9.94. The molecule has 0 saturated carbocycles. The number of anilines is 1. The minimum Gasteiger partial charge on any atom is -0.450 e. The van der Waals surface area contributed by atoms with Crippen molar-refractivity contribution in [1.82, 2.24) is 10.2 Å². The monoisotopic (exact) mass is 483 g/mol. The number of nitrogens with one attached hydrogen (secondary N) is 2. The highest BCUT2D eigenvalue weighted by Crippen LogP contribution is 2.32. The zero-order valence-corrected chi connectivity index (χ0v) is 21.1. The molecular formula is C30H33N3O3. The summed E-state index contributed by atoms with van der Waals surface area (Å²) in [6.07, 6.45) is 2.11. The molecule has 1 fully saturated rings. The van der Waals surface area contributed by atoms with Crippen LogP contribution in [0.15, 0.2) is 65.1 Å². The van der Waals surface area contributed by atoms with Crippen LogP contribution in [0, 0.1) is 6.92 Å². The number of furan rings is 1. The quantitative estimate of drug-likeness (QED) is 0.361. The smallest absolute Gasteiger partial charge is 0.287 e. The predicted octanol–water partition coefficient (Wildman–Crippen LogP) is 5.85. The third-order valence-electron chi connectivity index (χ3n) is 7.34. The van der Waals surface area contributed by atoms with Gasteiger partial charge in [-0.2, -0.15) is 0 Å². The highest BCUT2D eigenvalue weighted by molar-refractivity contribution is 6.08. The van der Waals surface area contributed by atoms with Crippen molar-refractivity contribution in [3.63, 3.8) is 0 Å². The molecule has 1 saturated heterocycles. The maximum atomic E-state index is 12.9. The molecule has 6 heteroatoms. The van der Waals surface area contributed by atoms with Gasteiger partial charge in [0.05, 0.1) is 0 Å². The predicted molar refractivity (Wildman–Crippen MR) is 145 cm³/mol. The summed E-state index contributed by atoms with van der Waals surface area (Å²) < 4.78 is 6.02. The van der Waals surface area contributed by atoms with Crippen molar-refractivity contribution in [2.75, 3.05) is 25.0 Å². The van der Waals surface area contributed by atoms with Crippen LogP contribution in [0.25, 0.3) is 21.7 Å². The largest absolute Gasteiger partial charge is 0.450 e. The van der Waals surface area contributed by atoms with Gasteiger partial charge in [-0.3, -0.25) is 14.5 Å². The molecule has 1 atom stereocenters. The lowest BCUT2D eigenvalue weighted by molar-refractivity contribution is -0.114. The summed E-state index contributed by atoms with van der Waals surface area (Å²) in [7, 11) is 0. The molecule has 4 aromatic rings. The Morgan fingerprint density at radius 1 is 1.03 bits per heavy atom. The molecule has 1 unspecified atom stereocenters. The Kier molecular flexibility index (Phi) is 6.79. The summed E-state index contributed by atoms with van der Waals surface area (Å²) in [5.41, 5.74) is 4.06. The van der Waals surface area contributed by atoms with Gasteiger partial charge in [0.15, 0.2) is 5.76 Å². The van der Waals surface area contributed by atoms with Gasteiger partial charge in [0.1, 0.15) is 5.58 Å². The van der Waals surface area contributed by atoms with E-state index in [4.69, 9.17) is 4.42 Å². The standard InChI is InChI=1S/C30H33N3O3/c1-19-15-24-17-28(36-29(24)27-10-5-4-9-26(19)27)30(35)31-18-20(2)33-13-11-22(12-14-33)23-7-6-8-25(16-23)32-21(3)34/h4-10,15-17,20,22H,11-14,18H2,1-3H3,(H,31,35)(H,32,34). The van der Waals surface area contributed by atoms with E-state index in [2.05, 4.69) is 53.6 Å². The summed E-state index contributed by atoms with van der Waals surface area (Å²) >= 11 is 0. The van der Waals surface area contributed by atoms with E-state index in [0.29, 0.717) is 18.2 Å². The Morgan fingerprint density at radius 3 is 2.53 bits per heavy atom. The van der Waals surface area contributed by atoms with Crippen molar-refractivity contribution < 1.29 is 14.0 Å². The van der Waals surface area contributed by atoms with Crippen LogP contribution in [0.1, 0.15) is 54.3 Å². The normalized spacial score (nSPS) is 15.8. The molecule has 3 aromatic carbocycles. The van der Waals surface area contributed by atoms with Gasteiger partial charge in [-0.15, -0.1) is 0 Å². The molecule has 0 radical (unpaired) electrons. The Bertz CT molecular complexity index is 1420. The molecule has 186 valence electrons. The molecule has 2 amide bonds. The van der Waals surface area contributed by atoms with Crippen molar-refractivity contribution >= 4 is 39.2 Å². The Hall–Kier alpha value is -3.64. The lowest BCUT2D eigenvalue weighted by Crippen LogP contribution is -2.45. The highest BCUT2D eigenvalue weighted by atomic mass is 16.3. The summed E-state index contributed by atoms with van der Waals surface area (Å²) in [6, 6.07) is 20.5. The van der Waals surface area contributed by atoms with Gasteiger partial charge < -0.3 is 15.1 Å². The number of hydrogen-bond acceptors (Lipinski definition) is 4.